The Morgan fingerprint density at radius 1 is 1.20 bits per heavy atom. The summed E-state index contributed by atoms with van der Waals surface area (Å²) in [5.74, 6) is 1.66. The second kappa shape index (κ2) is 5.73. The zero-order chi connectivity index (χ0) is 13.9. The number of hydrogen-bond acceptors (Lipinski definition) is 3. The van der Waals surface area contributed by atoms with Crippen LogP contribution in [0.3, 0.4) is 0 Å². The highest BCUT2D eigenvalue weighted by Gasteiger charge is 2.17. The second-order valence-corrected chi connectivity index (χ2v) is 5.18. The maximum Gasteiger partial charge on any atom is 0.129 e. The van der Waals surface area contributed by atoms with E-state index in [-0.39, 0.29) is 6.61 Å². The minimum atomic E-state index is 0.0376. The Hall–Kier alpha value is -1.71. The van der Waals surface area contributed by atoms with Gasteiger partial charge in [-0.05, 0) is 35.4 Å². The van der Waals surface area contributed by atoms with E-state index in [1.807, 2.05) is 36.4 Å². The standard InChI is InChI=1S/C16H15ClO3/c17-14-7-12-5-6-19-16(12)13(8-14)10-20-15-3-1-11(9-18)2-4-15/h1-4,7-8,18H,5-6,9-10H2. The van der Waals surface area contributed by atoms with Crippen LogP contribution in [0.2, 0.25) is 5.02 Å². The summed E-state index contributed by atoms with van der Waals surface area (Å²) in [5.41, 5.74) is 2.98. The van der Waals surface area contributed by atoms with Crippen LogP contribution in [0.5, 0.6) is 11.5 Å². The number of fused-ring (bicyclic) bond motifs is 1. The van der Waals surface area contributed by atoms with Gasteiger partial charge in [0, 0.05) is 17.0 Å². The summed E-state index contributed by atoms with van der Waals surface area (Å²) in [6.45, 7) is 1.16. The summed E-state index contributed by atoms with van der Waals surface area (Å²) in [6.07, 6.45) is 0.897. The summed E-state index contributed by atoms with van der Waals surface area (Å²) in [7, 11) is 0. The number of halogens is 1. The number of aliphatic hydroxyl groups is 1. The van der Waals surface area contributed by atoms with Crippen LogP contribution in [-0.4, -0.2) is 11.7 Å². The first-order valence-electron chi connectivity index (χ1n) is 6.53. The monoisotopic (exact) mass is 290 g/mol. The zero-order valence-corrected chi connectivity index (χ0v) is 11.7. The molecule has 2 aromatic rings. The van der Waals surface area contributed by atoms with Crippen LogP contribution in [0.1, 0.15) is 16.7 Å². The van der Waals surface area contributed by atoms with Crippen LogP contribution in [0.4, 0.5) is 0 Å². The first-order chi connectivity index (χ1) is 9.76. The lowest BCUT2D eigenvalue weighted by Crippen LogP contribution is -1.99. The van der Waals surface area contributed by atoms with Crippen molar-refractivity contribution in [1.29, 1.82) is 0 Å². The van der Waals surface area contributed by atoms with Gasteiger partial charge in [0.15, 0.2) is 0 Å². The van der Waals surface area contributed by atoms with Crippen LogP contribution >= 0.6 is 11.6 Å². The van der Waals surface area contributed by atoms with Crippen LogP contribution < -0.4 is 9.47 Å². The van der Waals surface area contributed by atoms with Crippen LogP contribution in [0.25, 0.3) is 0 Å². The third-order valence-electron chi connectivity index (χ3n) is 3.33. The van der Waals surface area contributed by atoms with E-state index in [2.05, 4.69) is 0 Å². The number of rotatable bonds is 4. The molecule has 1 aliphatic heterocycles. The van der Waals surface area contributed by atoms with E-state index in [4.69, 9.17) is 26.2 Å². The van der Waals surface area contributed by atoms with E-state index in [0.717, 1.165) is 34.6 Å². The van der Waals surface area contributed by atoms with E-state index < -0.39 is 0 Å². The van der Waals surface area contributed by atoms with Gasteiger partial charge < -0.3 is 14.6 Å². The molecule has 0 radical (unpaired) electrons. The molecule has 3 rings (SSSR count). The van der Waals surface area contributed by atoms with Crippen LogP contribution in [-0.2, 0) is 19.6 Å². The quantitative estimate of drug-likeness (QED) is 0.938. The predicted octanol–water partition coefficient (Wildman–Crippen LogP) is 3.35. The van der Waals surface area contributed by atoms with Crippen molar-refractivity contribution in [2.24, 2.45) is 0 Å². The average Bonchev–Trinajstić information content (AvgIpc) is 2.93. The number of ether oxygens (including phenoxy) is 2. The molecule has 104 valence electrons. The van der Waals surface area contributed by atoms with Gasteiger partial charge >= 0.3 is 0 Å². The SMILES string of the molecule is OCc1ccc(OCc2cc(Cl)cc3c2OCC3)cc1. The van der Waals surface area contributed by atoms with Crippen molar-refractivity contribution in [3.05, 3.63) is 58.1 Å². The summed E-state index contributed by atoms with van der Waals surface area (Å²) in [5, 5.41) is 9.71. The van der Waals surface area contributed by atoms with Crippen molar-refractivity contribution >= 4 is 11.6 Å². The largest absolute Gasteiger partial charge is 0.493 e. The Balaban J connectivity index is 1.75. The Morgan fingerprint density at radius 3 is 2.75 bits per heavy atom. The number of aliphatic hydroxyl groups excluding tert-OH is 1. The van der Waals surface area contributed by atoms with Gasteiger partial charge in [0.1, 0.15) is 18.1 Å². The van der Waals surface area contributed by atoms with Crippen molar-refractivity contribution < 1.29 is 14.6 Å². The fourth-order valence-electron chi connectivity index (χ4n) is 2.31. The molecular weight excluding hydrogens is 276 g/mol. The minimum absolute atomic E-state index is 0.0376. The van der Waals surface area contributed by atoms with E-state index in [9.17, 15) is 0 Å². The van der Waals surface area contributed by atoms with Gasteiger partial charge in [-0.1, -0.05) is 23.7 Å². The normalized spacial score (nSPS) is 12.9. The third kappa shape index (κ3) is 2.74. The molecule has 0 fully saturated rings. The van der Waals surface area contributed by atoms with Gasteiger partial charge in [-0.15, -0.1) is 0 Å². The van der Waals surface area contributed by atoms with Gasteiger partial charge in [0.05, 0.1) is 13.2 Å². The second-order valence-electron chi connectivity index (χ2n) is 4.74. The molecule has 4 heteroatoms. The smallest absolute Gasteiger partial charge is 0.129 e. The highest BCUT2D eigenvalue weighted by molar-refractivity contribution is 6.30. The van der Waals surface area contributed by atoms with Crippen molar-refractivity contribution in [3.8, 4) is 11.5 Å². The summed E-state index contributed by atoms with van der Waals surface area (Å²) in [6, 6.07) is 11.2. The molecule has 1 aliphatic rings. The summed E-state index contributed by atoms with van der Waals surface area (Å²) < 4.78 is 11.4. The van der Waals surface area contributed by atoms with Gasteiger partial charge in [-0.25, -0.2) is 0 Å². The molecule has 0 aromatic heterocycles. The lowest BCUT2D eigenvalue weighted by molar-refractivity contribution is 0.280. The minimum Gasteiger partial charge on any atom is -0.493 e. The Bertz CT molecular complexity index is 608. The maximum atomic E-state index is 9.00. The number of benzene rings is 2. The van der Waals surface area contributed by atoms with E-state index in [1.165, 1.54) is 0 Å². The summed E-state index contributed by atoms with van der Waals surface area (Å²) >= 11 is 6.11. The Labute approximate surface area is 122 Å². The van der Waals surface area contributed by atoms with E-state index in [0.29, 0.717) is 18.2 Å². The fraction of sp³-hybridized carbons (Fsp3) is 0.250. The molecular formula is C16H15ClO3. The lowest BCUT2D eigenvalue weighted by atomic mass is 10.1. The highest BCUT2D eigenvalue weighted by Crippen LogP contribution is 2.33. The molecule has 0 amide bonds. The zero-order valence-electron chi connectivity index (χ0n) is 10.9. The molecule has 20 heavy (non-hydrogen) atoms. The van der Waals surface area contributed by atoms with E-state index in [1.54, 1.807) is 0 Å². The van der Waals surface area contributed by atoms with Crippen molar-refractivity contribution in [3.63, 3.8) is 0 Å². The van der Waals surface area contributed by atoms with Gasteiger partial charge in [-0.2, -0.15) is 0 Å². The van der Waals surface area contributed by atoms with Crippen molar-refractivity contribution in [2.75, 3.05) is 6.61 Å². The fourth-order valence-corrected chi connectivity index (χ4v) is 2.57. The Kier molecular flexibility index (Phi) is 3.81. The average molecular weight is 291 g/mol. The number of hydrogen-bond donors (Lipinski definition) is 1. The first kappa shape index (κ1) is 13.3. The van der Waals surface area contributed by atoms with Crippen LogP contribution in [0.15, 0.2) is 36.4 Å². The van der Waals surface area contributed by atoms with Crippen LogP contribution in [0, 0.1) is 0 Å². The molecule has 0 unspecified atom stereocenters. The Morgan fingerprint density at radius 2 is 2.00 bits per heavy atom. The topological polar surface area (TPSA) is 38.7 Å². The molecule has 0 saturated carbocycles. The molecule has 1 heterocycles. The molecule has 1 N–H and O–H groups in total. The molecule has 0 saturated heterocycles. The molecule has 0 aliphatic carbocycles. The molecule has 0 atom stereocenters. The molecule has 3 nitrogen and oxygen atoms in total. The maximum absolute atomic E-state index is 9.00. The van der Waals surface area contributed by atoms with Gasteiger partial charge in [0.2, 0.25) is 0 Å². The highest BCUT2D eigenvalue weighted by atomic mass is 35.5. The molecule has 0 bridgehead atoms. The molecule has 0 spiro atoms. The lowest BCUT2D eigenvalue weighted by Gasteiger charge is -2.11. The molecule has 2 aromatic carbocycles. The first-order valence-corrected chi connectivity index (χ1v) is 6.91. The van der Waals surface area contributed by atoms with Crippen molar-refractivity contribution in [2.45, 2.75) is 19.6 Å². The third-order valence-corrected chi connectivity index (χ3v) is 3.54. The van der Waals surface area contributed by atoms with Crippen molar-refractivity contribution in [1.82, 2.24) is 0 Å². The van der Waals surface area contributed by atoms with Gasteiger partial charge in [0.25, 0.3) is 0 Å². The summed E-state index contributed by atoms with van der Waals surface area (Å²) in [4.78, 5) is 0. The van der Waals surface area contributed by atoms with Gasteiger partial charge in [-0.3, -0.25) is 0 Å². The van der Waals surface area contributed by atoms with E-state index >= 15 is 0 Å². The predicted molar refractivity (Wildman–Crippen MR) is 77.3 cm³/mol.